The molecule has 1 heterocycles. The summed E-state index contributed by atoms with van der Waals surface area (Å²) in [4.78, 5) is 13.6. The standard InChI is InChI=1S/C16H20ClNO2/c1-18-10-9-15(12-3-6-14(17)7-4-12)13(11-18)5-8-16(19)20-2/h3-8,13,15H,9-11H2,1-2H3/b8-5+/t13-,15+/m0/s1. The van der Waals surface area contributed by atoms with Gasteiger partial charge in [0.05, 0.1) is 7.11 Å². The highest BCUT2D eigenvalue weighted by atomic mass is 35.5. The summed E-state index contributed by atoms with van der Waals surface area (Å²) in [6.07, 6.45) is 4.59. The van der Waals surface area contributed by atoms with E-state index in [2.05, 4.69) is 28.8 Å². The van der Waals surface area contributed by atoms with Gasteiger partial charge in [-0.2, -0.15) is 0 Å². The van der Waals surface area contributed by atoms with Crippen molar-refractivity contribution in [1.29, 1.82) is 0 Å². The number of hydrogen-bond donors (Lipinski definition) is 0. The fourth-order valence-electron chi connectivity index (χ4n) is 2.74. The highest BCUT2D eigenvalue weighted by Crippen LogP contribution is 2.34. The molecule has 3 nitrogen and oxygen atoms in total. The zero-order chi connectivity index (χ0) is 14.5. The normalized spacial score (nSPS) is 23.9. The third-order valence-corrected chi connectivity index (χ3v) is 4.09. The molecule has 0 aromatic heterocycles. The first-order chi connectivity index (χ1) is 9.60. The van der Waals surface area contributed by atoms with Crippen molar-refractivity contribution in [2.75, 3.05) is 27.2 Å². The Morgan fingerprint density at radius 3 is 2.75 bits per heavy atom. The molecule has 2 atom stereocenters. The lowest BCUT2D eigenvalue weighted by Crippen LogP contribution is -2.36. The van der Waals surface area contributed by atoms with E-state index < -0.39 is 0 Å². The van der Waals surface area contributed by atoms with Crippen LogP contribution in [0.3, 0.4) is 0 Å². The van der Waals surface area contributed by atoms with E-state index in [0.29, 0.717) is 11.8 Å². The molecule has 1 aliphatic heterocycles. The molecule has 0 unspecified atom stereocenters. The summed E-state index contributed by atoms with van der Waals surface area (Å²) in [7, 11) is 3.51. The van der Waals surface area contributed by atoms with Gasteiger partial charge < -0.3 is 9.64 Å². The van der Waals surface area contributed by atoms with E-state index in [1.807, 2.05) is 18.2 Å². The molecule has 0 aliphatic carbocycles. The number of carbonyl (C=O) groups excluding carboxylic acids is 1. The second kappa shape index (κ2) is 6.91. The number of esters is 1. The van der Waals surface area contributed by atoms with E-state index in [-0.39, 0.29) is 5.97 Å². The van der Waals surface area contributed by atoms with Crippen molar-refractivity contribution in [3.05, 3.63) is 47.0 Å². The Balaban J connectivity index is 2.17. The fraction of sp³-hybridized carbons (Fsp3) is 0.438. The van der Waals surface area contributed by atoms with Gasteiger partial charge in [0.1, 0.15) is 0 Å². The summed E-state index contributed by atoms with van der Waals surface area (Å²) in [6, 6.07) is 8.02. The number of ether oxygens (including phenoxy) is 1. The molecule has 20 heavy (non-hydrogen) atoms. The maximum Gasteiger partial charge on any atom is 0.330 e. The van der Waals surface area contributed by atoms with Crippen LogP contribution in [-0.4, -0.2) is 38.1 Å². The maximum atomic E-state index is 11.3. The number of likely N-dealkylation sites (tertiary alicyclic amines) is 1. The van der Waals surface area contributed by atoms with E-state index in [1.165, 1.54) is 18.7 Å². The third kappa shape index (κ3) is 3.84. The van der Waals surface area contributed by atoms with Crippen LogP contribution in [0.5, 0.6) is 0 Å². The Kier molecular flexibility index (Phi) is 5.21. The Hall–Kier alpha value is -1.32. The van der Waals surface area contributed by atoms with Crippen molar-refractivity contribution in [2.24, 2.45) is 5.92 Å². The van der Waals surface area contributed by atoms with Gasteiger partial charge in [0, 0.05) is 17.6 Å². The van der Waals surface area contributed by atoms with Crippen molar-refractivity contribution in [1.82, 2.24) is 4.90 Å². The fourth-order valence-corrected chi connectivity index (χ4v) is 2.87. The molecular weight excluding hydrogens is 274 g/mol. The molecule has 0 N–H and O–H groups in total. The average Bonchev–Trinajstić information content (AvgIpc) is 2.46. The SMILES string of the molecule is COC(=O)/C=C/[C@H]1CN(C)CC[C@@H]1c1ccc(Cl)cc1. The van der Waals surface area contributed by atoms with Gasteiger partial charge >= 0.3 is 5.97 Å². The van der Waals surface area contributed by atoms with Crippen LogP contribution < -0.4 is 0 Å². The van der Waals surface area contributed by atoms with Crippen LogP contribution in [0.1, 0.15) is 17.9 Å². The number of hydrogen-bond acceptors (Lipinski definition) is 3. The van der Waals surface area contributed by atoms with Crippen LogP contribution in [0.4, 0.5) is 0 Å². The monoisotopic (exact) mass is 293 g/mol. The number of rotatable bonds is 3. The molecule has 108 valence electrons. The van der Waals surface area contributed by atoms with Gasteiger partial charge in [0.25, 0.3) is 0 Å². The van der Waals surface area contributed by atoms with Crippen LogP contribution in [0, 0.1) is 5.92 Å². The smallest absolute Gasteiger partial charge is 0.330 e. The lowest BCUT2D eigenvalue weighted by molar-refractivity contribution is -0.134. The molecule has 1 aliphatic rings. The average molecular weight is 294 g/mol. The minimum absolute atomic E-state index is 0.298. The van der Waals surface area contributed by atoms with Crippen molar-refractivity contribution in [2.45, 2.75) is 12.3 Å². The highest BCUT2D eigenvalue weighted by molar-refractivity contribution is 6.30. The van der Waals surface area contributed by atoms with Crippen molar-refractivity contribution >= 4 is 17.6 Å². The molecule has 1 aromatic rings. The molecule has 4 heteroatoms. The minimum Gasteiger partial charge on any atom is -0.466 e. The van der Waals surface area contributed by atoms with Gasteiger partial charge in [-0.25, -0.2) is 4.79 Å². The number of nitrogens with zero attached hydrogens (tertiary/aromatic N) is 1. The number of carbonyl (C=O) groups is 1. The first-order valence-electron chi connectivity index (χ1n) is 6.80. The molecule has 0 radical (unpaired) electrons. The van der Waals surface area contributed by atoms with Crippen LogP contribution in [-0.2, 0) is 9.53 Å². The number of methoxy groups -OCH3 is 1. The van der Waals surface area contributed by atoms with E-state index in [4.69, 9.17) is 11.6 Å². The summed E-state index contributed by atoms with van der Waals surface area (Å²) >= 11 is 5.95. The van der Waals surface area contributed by atoms with E-state index in [1.54, 1.807) is 0 Å². The Labute approximate surface area is 125 Å². The van der Waals surface area contributed by atoms with Gasteiger partial charge in [-0.15, -0.1) is 0 Å². The molecule has 1 fully saturated rings. The zero-order valence-corrected chi connectivity index (χ0v) is 12.6. The van der Waals surface area contributed by atoms with E-state index >= 15 is 0 Å². The summed E-state index contributed by atoms with van der Waals surface area (Å²) < 4.78 is 4.67. The Bertz CT molecular complexity index is 484. The minimum atomic E-state index is -0.298. The molecule has 1 aromatic carbocycles. The van der Waals surface area contributed by atoms with Gasteiger partial charge in [0.2, 0.25) is 0 Å². The van der Waals surface area contributed by atoms with Gasteiger partial charge in [-0.05, 0) is 49.5 Å². The van der Waals surface area contributed by atoms with Gasteiger partial charge in [0.15, 0.2) is 0 Å². The third-order valence-electron chi connectivity index (χ3n) is 3.84. The molecule has 2 rings (SSSR count). The maximum absolute atomic E-state index is 11.3. The van der Waals surface area contributed by atoms with Gasteiger partial charge in [-0.3, -0.25) is 0 Å². The lowest BCUT2D eigenvalue weighted by Gasteiger charge is -2.35. The summed E-state index contributed by atoms with van der Waals surface area (Å²) in [5.41, 5.74) is 1.28. The number of halogens is 1. The van der Waals surface area contributed by atoms with Crippen LogP contribution in [0.25, 0.3) is 0 Å². The van der Waals surface area contributed by atoms with E-state index in [0.717, 1.165) is 24.5 Å². The summed E-state index contributed by atoms with van der Waals surface area (Å²) in [6.45, 7) is 2.01. The zero-order valence-electron chi connectivity index (χ0n) is 11.9. The predicted octanol–water partition coefficient (Wildman–Crippen LogP) is 3.10. The van der Waals surface area contributed by atoms with Crippen molar-refractivity contribution < 1.29 is 9.53 Å². The number of benzene rings is 1. The van der Waals surface area contributed by atoms with Crippen molar-refractivity contribution in [3.63, 3.8) is 0 Å². The number of piperidine rings is 1. The first-order valence-corrected chi connectivity index (χ1v) is 7.18. The van der Waals surface area contributed by atoms with E-state index in [9.17, 15) is 4.79 Å². The molecule has 0 saturated carbocycles. The summed E-state index contributed by atoms with van der Waals surface area (Å²) in [5, 5.41) is 0.753. The Morgan fingerprint density at radius 2 is 2.10 bits per heavy atom. The van der Waals surface area contributed by atoms with Crippen LogP contribution in [0.2, 0.25) is 5.02 Å². The molecule has 0 spiro atoms. The Morgan fingerprint density at radius 1 is 1.40 bits per heavy atom. The topological polar surface area (TPSA) is 29.5 Å². The lowest BCUT2D eigenvalue weighted by atomic mass is 9.80. The van der Waals surface area contributed by atoms with Crippen LogP contribution in [0.15, 0.2) is 36.4 Å². The largest absolute Gasteiger partial charge is 0.466 e. The molecule has 0 bridgehead atoms. The summed E-state index contributed by atoms with van der Waals surface area (Å²) in [5.74, 6) is 0.437. The molecular formula is C16H20ClNO2. The van der Waals surface area contributed by atoms with Gasteiger partial charge in [-0.1, -0.05) is 29.8 Å². The van der Waals surface area contributed by atoms with Crippen molar-refractivity contribution in [3.8, 4) is 0 Å². The molecule has 1 saturated heterocycles. The second-order valence-corrected chi connectivity index (χ2v) is 5.69. The first kappa shape index (κ1) is 15.1. The second-order valence-electron chi connectivity index (χ2n) is 5.26. The van der Waals surface area contributed by atoms with Crippen LogP contribution >= 0.6 is 11.6 Å². The predicted molar refractivity (Wildman–Crippen MR) is 81.0 cm³/mol. The quantitative estimate of drug-likeness (QED) is 0.633. The highest BCUT2D eigenvalue weighted by Gasteiger charge is 2.27. The molecule has 0 amide bonds.